The molecule has 5 heteroatoms. The number of ether oxygens (including phenoxy) is 2. The molecule has 0 saturated heterocycles. The molecule has 23 heavy (non-hydrogen) atoms. The molecule has 1 heterocycles. The first kappa shape index (κ1) is 15.3. The molecular formula is C18H18FNO3. The van der Waals surface area contributed by atoms with Crippen LogP contribution in [0, 0.1) is 12.7 Å². The van der Waals surface area contributed by atoms with Gasteiger partial charge in [-0.05, 0) is 41.8 Å². The van der Waals surface area contributed by atoms with Crippen molar-refractivity contribution in [3.63, 3.8) is 0 Å². The Morgan fingerprint density at radius 1 is 1.09 bits per heavy atom. The number of benzene rings is 2. The molecule has 4 nitrogen and oxygen atoms in total. The Bertz CT molecular complexity index is 773. The lowest BCUT2D eigenvalue weighted by molar-refractivity contribution is -0.116. The highest BCUT2D eigenvalue weighted by Crippen LogP contribution is 2.43. The smallest absolute Gasteiger partial charge is 0.225 e. The van der Waals surface area contributed by atoms with Gasteiger partial charge in [-0.25, -0.2) is 4.39 Å². The van der Waals surface area contributed by atoms with Crippen molar-refractivity contribution in [1.29, 1.82) is 0 Å². The largest absolute Gasteiger partial charge is 0.493 e. The standard InChI is InChI=1S/C18H18FNO3/c1-10-4-5-11(19)6-12(10)13-8-18(21)20-15-9-17(23-3)16(22-2)7-14(13)15/h4-7,9,13H,8H2,1-3H3,(H,20,21). The zero-order valence-corrected chi connectivity index (χ0v) is 13.3. The first-order valence-corrected chi connectivity index (χ1v) is 7.35. The molecule has 0 aliphatic carbocycles. The van der Waals surface area contributed by atoms with Crippen LogP contribution in [-0.2, 0) is 4.79 Å². The first-order chi connectivity index (χ1) is 11.0. The summed E-state index contributed by atoms with van der Waals surface area (Å²) in [5.41, 5.74) is 3.34. The van der Waals surface area contributed by atoms with E-state index in [2.05, 4.69) is 5.32 Å². The maximum atomic E-state index is 13.7. The van der Waals surface area contributed by atoms with Crippen LogP contribution in [0.2, 0.25) is 0 Å². The monoisotopic (exact) mass is 315 g/mol. The predicted molar refractivity (Wildman–Crippen MR) is 85.8 cm³/mol. The summed E-state index contributed by atoms with van der Waals surface area (Å²) in [4.78, 5) is 12.1. The van der Waals surface area contributed by atoms with Crippen LogP contribution in [0.4, 0.5) is 10.1 Å². The summed E-state index contributed by atoms with van der Waals surface area (Å²) < 4.78 is 24.3. The summed E-state index contributed by atoms with van der Waals surface area (Å²) in [7, 11) is 3.11. The molecule has 0 saturated carbocycles. The number of rotatable bonds is 3. The van der Waals surface area contributed by atoms with Crippen LogP contribution in [0.5, 0.6) is 11.5 Å². The lowest BCUT2D eigenvalue weighted by Gasteiger charge is -2.28. The summed E-state index contributed by atoms with van der Waals surface area (Å²) in [5, 5.41) is 2.85. The number of carbonyl (C=O) groups is 1. The van der Waals surface area contributed by atoms with E-state index >= 15 is 0 Å². The number of anilines is 1. The third kappa shape index (κ3) is 2.74. The summed E-state index contributed by atoms with van der Waals surface area (Å²) in [6, 6.07) is 8.25. The second-order valence-corrected chi connectivity index (χ2v) is 5.60. The minimum Gasteiger partial charge on any atom is -0.493 e. The van der Waals surface area contributed by atoms with Crippen molar-refractivity contribution in [3.05, 3.63) is 52.8 Å². The van der Waals surface area contributed by atoms with E-state index in [1.807, 2.05) is 13.0 Å². The molecule has 2 aromatic carbocycles. The number of aryl methyl sites for hydroxylation is 1. The zero-order valence-electron chi connectivity index (χ0n) is 13.3. The molecule has 1 aliphatic heterocycles. The van der Waals surface area contributed by atoms with Crippen molar-refractivity contribution in [2.45, 2.75) is 19.3 Å². The molecule has 1 atom stereocenters. The van der Waals surface area contributed by atoms with Gasteiger partial charge in [0.25, 0.3) is 0 Å². The summed E-state index contributed by atoms with van der Waals surface area (Å²) in [6.45, 7) is 1.92. The molecule has 0 fully saturated rings. The third-order valence-electron chi connectivity index (χ3n) is 4.21. The highest BCUT2D eigenvalue weighted by Gasteiger charge is 2.29. The van der Waals surface area contributed by atoms with Crippen molar-refractivity contribution >= 4 is 11.6 Å². The number of hydrogen-bond acceptors (Lipinski definition) is 3. The number of carbonyl (C=O) groups excluding carboxylic acids is 1. The van der Waals surface area contributed by atoms with Gasteiger partial charge < -0.3 is 14.8 Å². The Kier molecular flexibility index (Phi) is 3.94. The minimum absolute atomic E-state index is 0.0987. The van der Waals surface area contributed by atoms with Gasteiger partial charge in [-0.1, -0.05) is 6.07 Å². The van der Waals surface area contributed by atoms with E-state index in [0.717, 1.165) is 16.7 Å². The lowest BCUT2D eigenvalue weighted by Crippen LogP contribution is -2.24. The number of nitrogens with one attached hydrogen (secondary N) is 1. The van der Waals surface area contributed by atoms with Crippen molar-refractivity contribution in [1.82, 2.24) is 0 Å². The van der Waals surface area contributed by atoms with Crippen molar-refractivity contribution < 1.29 is 18.7 Å². The molecule has 120 valence electrons. The molecule has 1 N–H and O–H groups in total. The van der Waals surface area contributed by atoms with Crippen LogP contribution >= 0.6 is 0 Å². The fraction of sp³-hybridized carbons (Fsp3) is 0.278. The average Bonchev–Trinajstić information content (AvgIpc) is 2.55. The second kappa shape index (κ2) is 5.91. The number of halogens is 1. The first-order valence-electron chi connectivity index (χ1n) is 7.35. The molecule has 0 aromatic heterocycles. The SMILES string of the molecule is COc1cc2c(cc1OC)C(c1cc(F)ccc1C)CC(=O)N2. The summed E-state index contributed by atoms with van der Waals surface area (Å²) in [5.74, 6) is 0.510. The molecule has 0 bridgehead atoms. The summed E-state index contributed by atoms with van der Waals surface area (Å²) >= 11 is 0. The van der Waals surface area contributed by atoms with Crippen LogP contribution in [0.15, 0.2) is 30.3 Å². The predicted octanol–water partition coefficient (Wildman–Crippen LogP) is 3.63. The van der Waals surface area contributed by atoms with Gasteiger partial charge in [0.15, 0.2) is 11.5 Å². The Balaban J connectivity index is 2.18. The van der Waals surface area contributed by atoms with Crippen LogP contribution < -0.4 is 14.8 Å². The van der Waals surface area contributed by atoms with E-state index in [9.17, 15) is 9.18 Å². The van der Waals surface area contributed by atoms with Crippen molar-refractivity contribution in [2.24, 2.45) is 0 Å². The molecule has 3 rings (SSSR count). The molecule has 0 spiro atoms. The Hall–Kier alpha value is -2.56. The number of methoxy groups -OCH3 is 2. The second-order valence-electron chi connectivity index (χ2n) is 5.60. The van der Waals surface area contributed by atoms with E-state index in [4.69, 9.17) is 9.47 Å². The maximum absolute atomic E-state index is 13.7. The van der Waals surface area contributed by atoms with E-state index in [1.165, 1.54) is 12.1 Å². The zero-order chi connectivity index (χ0) is 16.6. The van der Waals surface area contributed by atoms with Gasteiger partial charge in [-0.2, -0.15) is 0 Å². The maximum Gasteiger partial charge on any atom is 0.225 e. The Morgan fingerprint density at radius 2 is 1.78 bits per heavy atom. The fourth-order valence-electron chi connectivity index (χ4n) is 3.05. The highest BCUT2D eigenvalue weighted by atomic mass is 19.1. The highest BCUT2D eigenvalue weighted by molar-refractivity contribution is 5.96. The topological polar surface area (TPSA) is 47.6 Å². The Labute approximate surface area is 134 Å². The fourth-order valence-corrected chi connectivity index (χ4v) is 3.05. The summed E-state index contributed by atoms with van der Waals surface area (Å²) in [6.07, 6.45) is 0.271. The van der Waals surface area contributed by atoms with Gasteiger partial charge in [-0.15, -0.1) is 0 Å². The molecular weight excluding hydrogens is 297 g/mol. The van der Waals surface area contributed by atoms with Gasteiger partial charge in [0, 0.05) is 24.1 Å². The van der Waals surface area contributed by atoms with Crippen LogP contribution in [0.1, 0.15) is 29.0 Å². The van der Waals surface area contributed by atoms with E-state index in [0.29, 0.717) is 17.2 Å². The minimum atomic E-state index is -0.307. The van der Waals surface area contributed by atoms with Gasteiger partial charge in [0.1, 0.15) is 5.82 Å². The molecule has 1 aliphatic rings. The number of amides is 1. The number of hydrogen-bond donors (Lipinski definition) is 1. The van der Waals surface area contributed by atoms with E-state index < -0.39 is 0 Å². The van der Waals surface area contributed by atoms with Crippen molar-refractivity contribution in [2.75, 3.05) is 19.5 Å². The van der Waals surface area contributed by atoms with Crippen LogP contribution in [-0.4, -0.2) is 20.1 Å². The van der Waals surface area contributed by atoms with Gasteiger partial charge in [0.2, 0.25) is 5.91 Å². The van der Waals surface area contributed by atoms with Crippen LogP contribution in [0.3, 0.4) is 0 Å². The Morgan fingerprint density at radius 3 is 2.48 bits per heavy atom. The quantitative estimate of drug-likeness (QED) is 0.941. The van der Waals surface area contributed by atoms with E-state index in [1.54, 1.807) is 26.4 Å². The van der Waals surface area contributed by atoms with Crippen molar-refractivity contribution in [3.8, 4) is 11.5 Å². The number of fused-ring (bicyclic) bond motifs is 1. The normalized spacial score (nSPS) is 16.5. The van der Waals surface area contributed by atoms with E-state index in [-0.39, 0.29) is 24.1 Å². The lowest BCUT2D eigenvalue weighted by atomic mass is 9.82. The van der Waals surface area contributed by atoms with Gasteiger partial charge in [0.05, 0.1) is 14.2 Å². The molecule has 2 aromatic rings. The third-order valence-corrected chi connectivity index (χ3v) is 4.21. The molecule has 1 amide bonds. The van der Waals surface area contributed by atoms with Gasteiger partial charge >= 0.3 is 0 Å². The van der Waals surface area contributed by atoms with Gasteiger partial charge in [-0.3, -0.25) is 4.79 Å². The molecule has 1 unspecified atom stereocenters. The molecule has 0 radical (unpaired) electrons. The van der Waals surface area contributed by atoms with Crippen LogP contribution in [0.25, 0.3) is 0 Å². The average molecular weight is 315 g/mol.